The Balaban J connectivity index is 2.08. The van der Waals surface area contributed by atoms with E-state index < -0.39 is 18.0 Å². The van der Waals surface area contributed by atoms with Gasteiger partial charge in [0.25, 0.3) is 0 Å². The molecular formula is C16H14O5. The van der Waals surface area contributed by atoms with Gasteiger partial charge in [-0.05, 0) is 5.56 Å². The molecule has 2 N–H and O–H groups in total. The molecule has 108 valence electrons. The molecule has 2 atom stereocenters. The highest BCUT2D eigenvalue weighted by Crippen LogP contribution is 2.41. The summed E-state index contributed by atoms with van der Waals surface area (Å²) in [7, 11) is 1.45. The van der Waals surface area contributed by atoms with Gasteiger partial charge in [-0.1, -0.05) is 30.3 Å². The summed E-state index contributed by atoms with van der Waals surface area (Å²) in [6.45, 7) is 0. The van der Waals surface area contributed by atoms with Crippen LogP contribution in [0.3, 0.4) is 0 Å². The van der Waals surface area contributed by atoms with E-state index in [1.807, 2.05) is 6.07 Å². The van der Waals surface area contributed by atoms with Gasteiger partial charge in [0.2, 0.25) is 5.78 Å². The lowest BCUT2D eigenvalue weighted by atomic mass is 9.93. The molecule has 0 spiro atoms. The Labute approximate surface area is 121 Å². The maximum atomic E-state index is 12.3. The molecule has 0 saturated carbocycles. The first-order valence-electron chi connectivity index (χ1n) is 6.46. The van der Waals surface area contributed by atoms with Gasteiger partial charge in [-0.15, -0.1) is 0 Å². The van der Waals surface area contributed by atoms with Crippen molar-refractivity contribution >= 4 is 5.78 Å². The number of phenolic OH excluding ortho intramolecular Hbond substituents is 1. The van der Waals surface area contributed by atoms with E-state index in [0.29, 0.717) is 11.3 Å². The number of aromatic hydroxyl groups is 1. The van der Waals surface area contributed by atoms with Crippen molar-refractivity contribution in [3.63, 3.8) is 0 Å². The first-order chi connectivity index (χ1) is 10.1. The van der Waals surface area contributed by atoms with Crippen molar-refractivity contribution in [1.29, 1.82) is 0 Å². The van der Waals surface area contributed by atoms with Crippen molar-refractivity contribution in [2.75, 3.05) is 7.11 Å². The molecule has 0 bridgehead atoms. The maximum absolute atomic E-state index is 12.3. The fourth-order valence-corrected chi connectivity index (χ4v) is 2.41. The Hall–Kier alpha value is -2.53. The molecule has 0 aromatic heterocycles. The molecular weight excluding hydrogens is 272 g/mol. The Morgan fingerprint density at radius 3 is 2.57 bits per heavy atom. The standard InChI is InChI=1S/C16H14O5/c1-20-10-7-11(17)13-12(8-10)21-16(15(19)14(13)18)9-5-3-2-4-6-9/h2-8,15-17,19H,1H3/t15-,16-/m0/s1. The van der Waals surface area contributed by atoms with Crippen LogP contribution < -0.4 is 9.47 Å². The first kappa shape index (κ1) is 13.5. The predicted octanol–water partition coefficient (Wildman–Crippen LogP) is 2.08. The van der Waals surface area contributed by atoms with Gasteiger partial charge in [-0.25, -0.2) is 0 Å². The minimum absolute atomic E-state index is 0.0181. The van der Waals surface area contributed by atoms with Crippen LogP contribution in [0, 0.1) is 0 Å². The van der Waals surface area contributed by atoms with Crippen molar-refractivity contribution in [2.45, 2.75) is 12.2 Å². The van der Waals surface area contributed by atoms with E-state index in [2.05, 4.69) is 0 Å². The number of ketones is 1. The zero-order chi connectivity index (χ0) is 15.0. The summed E-state index contributed by atoms with van der Waals surface area (Å²) < 4.78 is 10.8. The summed E-state index contributed by atoms with van der Waals surface area (Å²) in [6, 6.07) is 11.8. The smallest absolute Gasteiger partial charge is 0.202 e. The average Bonchev–Trinajstić information content (AvgIpc) is 2.51. The monoisotopic (exact) mass is 286 g/mol. The fourth-order valence-electron chi connectivity index (χ4n) is 2.41. The molecule has 5 heteroatoms. The van der Waals surface area contributed by atoms with Crippen molar-refractivity contribution in [3.05, 3.63) is 53.6 Å². The number of carbonyl (C=O) groups is 1. The van der Waals surface area contributed by atoms with Crippen molar-refractivity contribution in [2.24, 2.45) is 0 Å². The predicted molar refractivity (Wildman–Crippen MR) is 74.8 cm³/mol. The van der Waals surface area contributed by atoms with E-state index in [0.717, 1.165) is 0 Å². The van der Waals surface area contributed by atoms with Crippen LogP contribution in [0.2, 0.25) is 0 Å². The zero-order valence-corrected chi connectivity index (χ0v) is 11.3. The number of methoxy groups -OCH3 is 1. The van der Waals surface area contributed by atoms with Gasteiger partial charge >= 0.3 is 0 Å². The number of carbonyl (C=O) groups excluding carboxylic acids is 1. The third-order valence-electron chi connectivity index (χ3n) is 3.47. The molecule has 3 rings (SSSR count). The summed E-state index contributed by atoms with van der Waals surface area (Å²) >= 11 is 0. The van der Waals surface area contributed by atoms with Gasteiger partial charge in [-0.3, -0.25) is 4.79 Å². The van der Waals surface area contributed by atoms with Gasteiger partial charge in [0.1, 0.15) is 22.8 Å². The Kier molecular flexibility index (Phi) is 3.27. The molecule has 1 aliphatic rings. The van der Waals surface area contributed by atoms with Crippen molar-refractivity contribution < 1.29 is 24.5 Å². The van der Waals surface area contributed by atoms with Gasteiger partial charge in [0, 0.05) is 12.1 Å². The highest BCUT2D eigenvalue weighted by molar-refractivity contribution is 6.05. The van der Waals surface area contributed by atoms with Crippen LogP contribution in [0.1, 0.15) is 22.0 Å². The first-order valence-corrected chi connectivity index (χ1v) is 6.46. The lowest BCUT2D eigenvalue weighted by Gasteiger charge is -2.30. The Morgan fingerprint density at radius 2 is 1.90 bits per heavy atom. The second-order valence-corrected chi connectivity index (χ2v) is 4.78. The second-order valence-electron chi connectivity index (χ2n) is 4.78. The Bertz CT molecular complexity index is 681. The molecule has 21 heavy (non-hydrogen) atoms. The van der Waals surface area contributed by atoms with E-state index in [4.69, 9.17) is 9.47 Å². The number of aliphatic hydroxyl groups excluding tert-OH is 1. The molecule has 0 amide bonds. The summed E-state index contributed by atoms with van der Waals surface area (Å²) in [5, 5.41) is 20.1. The minimum atomic E-state index is -1.36. The quantitative estimate of drug-likeness (QED) is 0.884. The van der Waals surface area contributed by atoms with E-state index in [1.165, 1.54) is 19.2 Å². The number of benzene rings is 2. The van der Waals surface area contributed by atoms with E-state index in [1.54, 1.807) is 24.3 Å². The van der Waals surface area contributed by atoms with Crippen LogP contribution in [-0.4, -0.2) is 29.2 Å². The lowest BCUT2D eigenvalue weighted by molar-refractivity contribution is 0.0210. The molecule has 0 fully saturated rings. The number of ether oxygens (including phenoxy) is 2. The minimum Gasteiger partial charge on any atom is -0.507 e. The normalized spacial score (nSPS) is 20.6. The highest BCUT2D eigenvalue weighted by atomic mass is 16.5. The summed E-state index contributed by atoms with van der Waals surface area (Å²) in [5.74, 6) is -0.247. The number of fused-ring (bicyclic) bond motifs is 1. The average molecular weight is 286 g/mol. The Morgan fingerprint density at radius 1 is 1.19 bits per heavy atom. The molecule has 1 heterocycles. The summed E-state index contributed by atoms with van der Waals surface area (Å²) in [6.07, 6.45) is -2.17. The van der Waals surface area contributed by atoms with Crippen LogP contribution in [0.25, 0.3) is 0 Å². The molecule has 0 unspecified atom stereocenters. The van der Waals surface area contributed by atoms with Gasteiger partial charge in [0.15, 0.2) is 12.2 Å². The molecule has 1 aliphatic heterocycles. The highest BCUT2D eigenvalue weighted by Gasteiger charge is 2.39. The van der Waals surface area contributed by atoms with Crippen LogP contribution in [0.5, 0.6) is 17.2 Å². The third kappa shape index (κ3) is 2.21. The molecule has 2 aromatic carbocycles. The molecule has 0 saturated heterocycles. The van der Waals surface area contributed by atoms with Crippen LogP contribution >= 0.6 is 0 Å². The summed E-state index contributed by atoms with van der Waals surface area (Å²) in [5.41, 5.74) is 0.668. The number of phenols is 1. The zero-order valence-electron chi connectivity index (χ0n) is 11.3. The third-order valence-corrected chi connectivity index (χ3v) is 3.47. The topological polar surface area (TPSA) is 76.0 Å². The number of aliphatic hydroxyl groups is 1. The van der Waals surface area contributed by atoms with Crippen LogP contribution in [0.15, 0.2) is 42.5 Å². The lowest BCUT2D eigenvalue weighted by Crippen LogP contribution is -2.36. The van der Waals surface area contributed by atoms with E-state index >= 15 is 0 Å². The SMILES string of the molecule is COc1cc(O)c2c(c1)O[C@@H](c1ccccc1)[C@@H](O)C2=O. The van der Waals surface area contributed by atoms with Gasteiger partial charge in [0.05, 0.1) is 7.11 Å². The van der Waals surface area contributed by atoms with E-state index in [-0.39, 0.29) is 17.1 Å². The maximum Gasteiger partial charge on any atom is 0.202 e. The summed E-state index contributed by atoms with van der Waals surface area (Å²) in [4.78, 5) is 12.3. The molecule has 0 radical (unpaired) electrons. The van der Waals surface area contributed by atoms with E-state index in [9.17, 15) is 15.0 Å². The van der Waals surface area contributed by atoms with Crippen LogP contribution in [-0.2, 0) is 0 Å². The molecule has 2 aromatic rings. The fraction of sp³-hybridized carbons (Fsp3) is 0.188. The van der Waals surface area contributed by atoms with Crippen molar-refractivity contribution in [3.8, 4) is 17.2 Å². The van der Waals surface area contributed by atoms with Gasteiger partial charge < -0.3 is 19.7 Å². The largest absolute Gasteiger partial charge is 0.507 e. The second kappa shape index (κ2) is 5.10. The molecule has 5 nitrogen and oxygen atoms in total. The van der Waals surface area contributed by atoms with Crippen molar-refractivity contribution in [1.82, 2.24) is 0 Å². The number of Topliss-reactive ketones (excluding diaryl/α,β-unsaturated/α-hetero) is 1. The molecule has 0 aliphatic carbocycles. The number of hydrogen-bond donors (Lipinski definition) is 2. The number of rotatable bonds is 2. The van der Waals surface area contributed by atoms with Crippen LogP contribution in [0.4, 0.5) is 0 Å². The number of hydrogen-bond acceptors (Lipinski definition) is 5. The van der Waals surface area contributed by atoms with Gasteiger partial charge in [-0.2, -0.15) is 0 Å².